The standard InChI is InChI=1S/C12H12F2N4OS2/c1-6(20-12-18-17-11(15-2)21-12)10(19)16-9-4-3-7(13)5-8(9)14/h3-6H,1-2H3,(H,15,17)(H,16,19)/t6-/m1/s1. The Morgan fingerprint density at radius 3 is 2.76 bits per heavy atom. The van der Waals surface area contributed by atoms with Gasteiger partial charge in [0.05, 0.1) is 10.9 Å². The molecule has 21 heavy (non-hydrogen) atoms. The molecule has 1 aromatic carbocycles. The monoisotopic (exact) mass is 330 g/mol. The smallest absolute Gasteiger partial charge is 0.237 e. The zero-order chi connectivity index (χ0) is 15.4. The highest BCUT2D eigenvalue weighted by Gasteiger charge is 2.18. The van der Waals surface area contributed by atoms with Crippen molar-refractivity contribution in [3.63, 3.8) is 0 Å². The van der Waals surface area contributed by atoms with Crippen molar-refractivity contribution < 1.29 is 13.6 Å². The van der Waals surface area contributed by atoms with Crippen molar-refractivity contribution in [2.75, 3.05) is 17.7 Å². The van der Waals surface area contributed by atoms with Gasteiger partial charge < -0.3 is 10.6 Å². The molecule has 1 atom stereocenters. The van der Waals surface area contributed by atoms with E-state index in [1.165, 1.54) is 29.2 Å². The zero-order valence-electron chi connectivity index (χ0n) is 11.2. The van der Waals surface area contributed by atoms with Crippen molar-refractivity contribution in [3.8, 4) is 0 Å². The van der Waals surface area contributed by atoms with Crippen molar-refractivity contribution in [2.24, 2.45) is 0 Å². The Labute approximate surface area is 128 Å². The number of benzene rings is 1. The predicted octanol–water partition coefficient (Wildman–Crippen LogP) is 2.98. The molecule has 112 valence electrons. The summed E-state index contributed by atoms with van der Waals surface area (Å²) in [6, 6.07) is 2.99. The molecule has 1 amide bonds. The lowest BCUT2D eigenvalue weighted by atomic mass is 10.3. The summed E-state index contributed by atoms with van der Waals surface area (Å²) in [5.41, 5.74) is -0.0537. The summed E-state index contributed by atoms with van der Waals surface area (Å²) in [5.74, 6) is -1.90. The lowest BCUT2D eigenvalue weighted by Gasteiger charge is -2.10. The number of nitrogens with one attached hydrogen (secondary N) is 2. The summed E-state index contributed by atoms with van der Waals surface area (Å²) in [7, 11) is 1.72. The number of thioether (sulfide) groups is 1. The molecule has 2 N–H and O–H groups in total. The second kappa shape index (κ2) is 6.81. The average Bonchev–Trinajstić information content (AvgIpc) is 2.89. The normalized spacial score (nSPS) is 12.0. The van der Waals surface area contributed by atoms with Crippen molar-refractivity contribution in [2.45, 2.75) is 16.5 Å². The summed E-state index contributed by atoms with van der Waals surface area (Å²) >= 11 is 2.53. The van der Waals surface area contributed by atoms with Gasteiger partial charge >= 0.3 is 0 Å². The minimum atomic E-state index is -0.811. The molecule has 0 bridgehead atoms. The largest absolute Gasteiger partial charge is 0.363 e. The van der Waals surface area contributed by atoms with E-state index < -0.39 is 22.8 Å². The Balaban J connectivity index is 1.99. The second-order valence-electron chi connectivity index (χ2n) is 4.00. The van der Waals surface area contributed by atoms with E-state index in [9.17, 15) is 13.6 Å². The van der Waals surface area contributed by atoms with Crippen LogP contribution in [0.3, 0.4) is 0 Å². The fourth-order valence-corrected chi connectivity index (χ4v) is 3.24. The molecular weight excluding hydrogens is 318 g/mol. The van der Waals surface area contributed by atoms with Crippen LogP contribution in [0.4, 0.5) is 19.6 Å². The van der Waals surface area contributed by atoms with Gasteiger partial charge in [-0.15, -0.1) is 10.2 Å². The molecule has 0 unspecified atom stereocenters. The minimum Gasteiger partial charge on any atom is -0.363 e. The van der Waals surface area contributed by atoms with Crippen LogP contribution in [-0.2, 0) is 4.79 Å². The first-order valence-corrected chi connectivity index (χ1v) is 7.63. The molecule has 5 nitrogen and oxygen atoms in total. The molecule has 9 heteroatoms. The van der Waals surface area contributed by atoms with Gasteiger partial charge in [-0.05, 0) is 19.1 Å². The van der Waals surface area contributed by atoms with Crippen LogP contribution in [-0.4, -0.2) is 28.4 Å². The third-order valence-electron chi connectivity index (χ3n) is 2.46. The Bertz CT molecular complexity index is 650. The molecule has 0 aliphatic rings. The summed E-state index contributed by atoms with van der Waals surface area (Å²) in [6.45, 7) is 1.67. The molecule has 1 heterocycles. The van der Waals surface area contributed by atoms with E-state index in [0.717, 1.165) is 12.1 Å². The van der Waals surface area contributed by atoms with Crippen LogP contribution in [0.5, 0.6) is 0 Å². The number of carbonyl (C=O) groups is 1. The number of rotatable bonds is 5. The summed E-state index contributed by atoms with van der Waals surface area (Å²) < 4.78 is 26.9. The van der Waals surface area contributed by atoms with Crippen LogP contribution < -0.4 is 10.6 Å². The highest BCUT2D eigenvalue weighted by atomic mass is 32.2. The summed E-state index contributed by atoms with van der Waals surface area (Å²) in [6.07, 6.45) is 0. The van der Waals surface area contributed by atoms with E-state index >= 15 is 0 Å². The zero-order valence-corrected chi connectivity index (χ0v) is 12.8. The lowest BCUT2D eigenvalue weighted by Crippen LogP contribution is -2.22. The van der Waals surface area contributed by atoms with Gasteiger partial charge in [0.15, 0.2) is 4.34 Å². The van der Waals surface area contributed by atoms with E-state index in [4.69, 9.17) is 0 Å². The summed E-state index contributed by atoms with van der Waals surface area (Å²) in [5, 5.41) is 13.2. The molecule has 0 aliphatic carbocycles. The number of anilines is 2. The van der Waals surface area contributed by atoms with E-state index in [2.05, 4.69) is 20.8 Å². The van der Waals surface area contributed by atoms with Crippen molar-refractivity contribution >= 4 is 39.8 Å². The van der Waals surface area contributed by atoms with Gasteiger partial charge in [-0.3, -0.25) is 4.79 Å². The SMILES string of the molecule is CNc1nnc(S[C@H](C)C(=O)Nc2ccc(F)cc2F)s1. The third kappa shape index (κ3) is 4.11. The third-order valence-corrected chi connectivity index (χ3v) is 4.58. The Morgan fingerprint density at radius 2 is 2.14 bits per heavy atom. The first-order chi connectivity index (χ1) is 9.99. The maximum atomic E-state index is 13.5. The Morgan fingerprint density at radius 1 is 1.38 bits per heavy atom. The first-order valence-electron chi connectivity index (χ1n) is 5.93. The number of hydrogen-bond donors (Lipinski definition) is 2. The number of carbonyl (C=O) groups excluding carboxylic acids is 1. The molecule has 1 aromatic heterocycles. The molecule has 2 aromatic rings. The van der Waals surface area contributed by atoms with Crippen LogP contribution in [0.25, 0.3) is 0 Å². The minimum absolute atomic E-state index is 0.0537. The molecule has 2 rings (SSSR count). The predicted molar refractivity (Wildman–Crippen MR) is 79.8 cm³/mol. The van der Waals surface area contributed by atoms with Gasteiger partial charge in [0.25, 0.3) is 0 Å². The van der Waals surface area contributed by atoms with Gasteiger partial charge in [0.1, 0.15) is 11.6 Å². The molecule has 0 saturated carbocycles. The summed E-state index contributed by atoms with van der Waals surface area (Å²) in [4.78, 5) is 12.0. The average molecular weight is 330 g/mol. The molecule has 0 fully saturated rings. The van der Waals surface area contributed by atoms with Crippen LogP contribution in [0.1, 0.15) is 6.92 Å². The van der Waals surface area contributed by atoms with Crippen LogP contribution >= 0.6 is 23.1 Å². The van der Waals surface area contributed by atoms with Gasteiger partial charge in [-0.2, -0.15) is 0 Å². The number of amides is 1. The molecule has 0 spiro atoms. The van der Waals surface area contributed by atoms with Crippen LogP contribution in [0, 0.1) is 11.6 Å². The maximum Gasteiger partial charge on any atom is 0.237 e. The Kier molecular flexibility index (Phi) is 5.07. The number of nitrogens with zero attached hydrogens (tertiary/aromatic N) is 2. The van der Waals surface area contributed by atoms with Crippen molar-refractivity contribution in [3.05, 3.63) is 29.8 Å². The van der Waals surface area contributed by atoms with E-state index in [1.54, 1.807) is 14.0 Å². The van der Waals surface area contributed by atoms with Crippen LogP contribution in [0.2, 0.25) is 0 Å². The number of aromatic nitrogens is 2. The van der Waals surface area contributed by atoms with E-state index in [-0.39, 0.29) is 5.69 Å². The number of halogens is 2. The van der Waals surface area contributed by atoms with Gasteiger partial charge in [0.2, 0.25) is 11.0 Å². The van der Waals surface area contributed by atoms with Crippen molar-refractivity contribution in [1.82, 2.24) is 10.2 Å². The number of hydrogen-bond acceptors (Lipinski definition) is 6. The van der Waals surface area contributed by atoms with Gasteiger partial charge in [-0.25, -0.2) is 8.78 Å². The maximum absolute atomic E-state index is 13.5. The quantitative estimate of drug-likeness (QED) is 0.825. The highest BCUT2D eigenvalue weighted by Crippen LogP contribution is 2.29. The van der Waals surface area contributed by atoms with Gasteiger partial charge in [0, 0.05) is 13.1 Å². The molecule has 0 saturated heterocycles. The van der Waals surface area contributed by atoms with Gasteiger partial charge in [-0.1, -0.05) is 23.1 Å². The van der Waals surface area contributed by atoms with E-state index in [0.29, 0.717) is 9.47 Å². The fourth-order valence-electron chi connectivity index (χ4n) is 1.39. The second-order valence-corrected chi connectivity index (χ2v) is 6.56. The molecule has 0 aliphatic heterocycles. The lowest BCUT2D eigenvalue weighted by molar-refractivity contribution is -0.115. The van der Waals surface area contributed by atoms with Crippen molar-refractivity contribution in [1.29, 1.82) is 0 Å². The fraction of sp³-hybridized carbons (Fsp3) is 0.250. The topological polar surface area (TPSA) is 66.9 Å². The molecular formula is C12H12F2N4OS2. The van der Waals surface area contributed by atoms with Crippen LogP contribution in [0.15, 0.2) is 22.5 Å². The molecule has 0 radical (unpaired) electrons. The van der Waals surface area contributed by atoms with E-state index in [1.807, 2.05) is 0 Å². The first kappa shape index (κ1) is 15.6. The highest BCUT2D eigenvalue weighted by molar-refractivity contribution is 8.02. The Hall–Kier alpha value is -1.74.